The predicted molar refractivity (Wildman–Crippen MR) is 81.6 cm³/mol. The minimum absolute atomic E-state index is 0.156. The van der Waals surface area contributed by atoms with Crippen LogP contribution in [0.5, 0.6) is 0 Å². The lowest BCUT2D eigenvalue weighted by molar-refractivity contribution is -0.154. The van der Waals surface area contributed by atoms with Crippen molar-refractivity contribution >= 4 is 40.5 Å². The van der Waals surface area contributed by atoms with Crippen molar-refractivity contribution in [3.05, 3.63) is 0 Å². The maximum atomic E-state index is 11.5. The summed E-state index contributed by atoms with van der Waals surface area (Å²) in [7, 11) is 0. The van der Waals surface area contributed by atoms with Crippen LogP contribution in [-0.4, -0.2) is 48.1 Å². The van der Waals surface area contributed by atoms with Crippen LogP contribution >= 0.6 is 11.6 Å². The third-order valence-electron chi connectivity index (χ3n) is 2.18. The molecule has 0 aromatic heterocycles. The molecule has 8 nitrogen and oxygen atoms in total. The molecule has 0 saturated carbocycles. The minimum atomic E-state index is -1.08. The van der Waals surface area contributed by atoms with Gasteiger partial charge in [-0.25, -0.2) is 9.59 Å². The van der Waals surface area contributed by atoms with Gasteiger partial charge in [-0.2, -0.15) is 0 Å². The molecule has 0 rings (SSSR count). The standard InChI is InChI=1S/C10H17NO4.C4H5ClO3/c1-4-6-8(11-7(3)12)9(13)10(14)15-5-2;1-2-8-4(7)3(5)6/h8H,4-6H2,1-3H3,(H,11,12);2H2,1H3. The molecule has 0 aliphatic rings. The van der Waals surface area contributed by atoms with Crippen molar-refractivity contribution in [1.29, 1.82) is 0 Å². The molecular weight excluding hydrogens is 330 g/mol. The van der Waals surface area contributed by atoms with Crippen LogP contribution in [0.3, 0.4) is 0 Å². The first-order chi connectivity index (χ1) is 10.7. The first kappa shape index (κ1) is 23.3. The zero-order valence-corrected chi connectivity index (χ0v) is 14.4. The van der Waals surface area contributed by atoms with E-state index in [1.165, 1.54) is 6.92 Å². The van der Waals surface area contributed by atoms with E-state index < -0.39 is 29.0 Å². The third kappa shape index (κ3) is 12.3. The van der Waals surface area contributed by atoms with E-state index in [1.807, 2.05) is 6.92 Å². The molecule has 1 N–H and O–H groups in total. The average molecular weight is 352 g/mol. The van der Waals surface area contributed by atoms with Crippen LogP contribution in [0.2, 0.25) is 0 Å². The highest BCUT2D eigenvalue weighted by Crippen LogP contribution is 2.00. The fourth-order valence-corrected chi connectivity index (χ4v) is 1.39. The summed E-state index contributed by atoms with van der Waals surface area (Å²) in [5, 5.41) is 1.35. The first-order valence-electron chi connectivity index (χ1n) is 7.05. The fraction of sp³-hybridized carbons (Fsp3) is 0.643. The molecule has 0 heterocycles. The fourth-order valence-electron chi connectivity index (χ4n) is 1.34. The van der Waals surface area contributed by atoms with E-state index in [-0.39, 0.29) is 19.1 Å². The smallest absolute Gasteiger partial charge is 0.391 e. The Morgan fingerprint density at radius 3 is 1.74 bits per heavy atom. The van der Waals surface area contributed by atoms with Crippen LogP contribution in [-0.2, 0) is 33.4 Å². The quantitative estimate of drug-likeness (QED) is 0.389. The Hall–Kier alpha value is -1.96. The number of amides is 1. The topological polar surface area (TPSA) is 116 Å². The Labute approximate surface area is 139 Å². The van der Waals surface area contributed by atoms with Gasteiger partial charge in [0.25, 0.3) is 5.78 Å². The number of rotatable bonds is 8. The second kappa shape index (κ2) is 13.7. The Morgan fingerprint density at radius 1 is 0.957 bits per heavy atom. The van der Waals surface area contributed by atoms with E-state index >= 15 is 0 Å². The second-order valence-electron chi connectivity index (χ2n) is 4.12. The Morgan fingerprint density at radius 2 is 1.43 bits per heavy atom. The zero-order valence-electron chi connectivity index (χ0n) is 13.6. The molecule has 0 fully saturated rings. The molecule has 1 amide bonds. The number of nitrogens with one attached hydrogen (secondary N) is 1. The molecule has 0 aromatic rings. The molecule has 0 bridgehead atoms. The maximum absolute atomic E-state index is 11.5. The van der Waals surface area contributed by atoms with Crippen molar-refractivity contribution in [2.24, 2.45) is 0 Å². The molecule has 1 unspecified atom stereocenters. The molecule has 9 heteroatoms. The van der Waals surface area contributed by atoms with Crippen LogP contribution in [0, 0.1) is 0 Å². The summed E-state index contributed by atoms with van der Waals surface area (Å²) in [6, 6.07) is -0.758. The highest BCUT2D eigenvalue weighted by atomic mass is 35.5. The third-order valence-corrected chi connectivity index (χ3v) is 2.34. The molecule has 1 atom stereocenters. The van der Waals surface area contributed by atoms with Gasteiger partial charge in [-0.1, -0.05) is 13.3 Å². The van der Waals surface area contributed by atoms with Gasteiger partial charge in [0.15, 0.2) is 0 Å². The van der Waals surface area contributed by atoms with Gasteiger partial charge in [0, 0.05) is 6.92 Å². The summed E-state index contributed by atoms with van der Waals surface area (Å²) >= 11 is 4.69. The molecule has 0 aliphatic heterocycles. The molecule has 0 spiro atoms. The summed E-state index contributed by atoms with van der Waals surface area (Å²) in [5.41, 5.74) is 0. The van der Waals surface area contributed by atoms with E-state index in [9.17, 15) is 24.0 Å². The lowest BCUT2D eigenvalue weighted by atomic mass is 10.1. The SMILES string of the molecule is CCCC(NC(C)=O)C(=O)C(=O)OCC.CCOC(=O)C(=O)Cl. The number of ketones is 1. The van der Waals surface area contributed by atoms with Crippen molar-refractivity contribution in [1.82, 2.24) is 5.32 Å². The first-order valence-corrected chi connectivity index (χ1v) is 7.43. The summed E-state index contributed by atoms with van der Waals surface area (Å²) in [6.07, 6.45) is 1.15. The van der Waals surface area contributed by atoms with Crippen LogP contribution in [0.15, 0.2) is 0 Å². The Bertz CT molecular complexity index is 437. The molecular formula is C14H22ClNO7. The van der Waals surface area contributed by atoms with Crippen molar-refractivity contribution < 1.29 is 33.4 Å². The van der Waals surface area contributed by atoms with Gasteiger partial charge in [-0.15, -0.1) is 0 Å². The van der Waals surface area contributed by atoms with Crippen LogP contribution in [0.1, 0.15) is 40.5 Å². The van der Waals surface area contributed by atoms with Crippen molar-refractivity contribution in [3.63, 3.8) is 0 Å². The predicted octanol–water partition coefficient (Wildman–Crippen LogP) is 0.738. The highest BCUT2D eigenvalue weighted by Gasteiger charge is 2.26. The minimum Gasteiger partial charge on any atom is -0.460 e. The molecule has 132 valence electrons. The van der Waals surface area contributed by atoms with Crippen LogP contribution in [0.4, 0.5) is 0 Å². The summed E-state index contributed by atoms with van der Waals surface area (Å²) in [6.45, 7) is 6.73. The molecule has 23 heavy (non-hydrogen) atoms. The van der Waals surface area contributed by atoms with E-state index in [1.54, 1.807) is 13.8 Å². The van der Waals surface area contributed by atoms with E-state index in [2.05, 4.69) is 14.8 Å². The normalized spacial score (nSPS) is 10.5. The number of ether oxygens (including phenoxy) is 2. The number of esters is 2. The van der Waals surface area contributed by atoms with E-state index in [4.69, 9.17) is 11.6 Å². The molecule has 0 aromatic carbocycles. The lowest BCUT2D eigenvalue weighted by Crippen LogP contribution is -2.43. The van der Waals surface area contributed by atoms with Crippen LogP contribution in [0.25, 0.3) is 0 Å². The van der Waals surface area contributed by atoms with E-state index in [0.29, 0.717) is 12.8 Å². The van der Waals surface area contributed by atoms with Gasteiger partial charge in [0.05, 0.1) is 19.3 Å². The summed E-state index contributed by atoms with van der Waals surface area (Å²) in [4.78, 5) is 53.2. The largest absolute Gasteiger partial charge is 0.460 e. The van der Waals surface area contributed by atoms with Gasteiger partial charge in [-0.05, 0) is 31.9 Å². The lowest BCUT2D eigenvalue weighted by Gasteiger charge is -2.14. The second-order valence-corrected chi connectivity index (χ2v) is 4.46. The zero-order chi connectivity index (χ0) is 18.4. The summed E-state index contributed by atoms with van der Waals surface area (Å²) in [5.74, 6) is -2.89. The summed E-state index contributed by atoms with van der Waals surface area (Å²) < 4.78 is 8.76. The van der Waals surface area contributed by atoms with Crippen LogP contribution < -0.4 is 5.32 Å². The van der Waals surface area contributed by atoms with Gasteiger partial charge in [0.2, 0.25) is 5.91 Å². The highest BCUT2D eigenvalue weighted by molar-refractivity contribution is 6.80. The number of carbonyl (C=O) groups excluding carboxylic acids is 5. The Kier molecular flexibility index (Phi) is 13.9. The average Bonchev–Trinajstić information content (AvgIpc) is 2.46. The number of hydrogen-bond donors (Lipinski definition) is 1. The Balaban J connectivity index is 0. The van der Waals surface area contributed by atoms with Crippen molar-refractivity contribution in [2.45, 2.75) is 46.6 Å². The molecule has 0 saturated heterocycles. The number of halogens is 1. The number of Topliss-reactive ketones (excluding diaryl/α,β-unsaturated/α-hetero) is 1. The van der Waals surface area contributed by atoms with Gasteiger partial charge in [-0.3, -0.25) is 14.4 Å². The van der Waals surface area contributed by atoms with Gasteiger partial charge in [0.1, 0.15) is 0 Å². The van der Waals surface area contributed by atoms with Gasteiger partial charge < -0.3 is 14.8 Å². The molecule has 0 radical (unpaired) electrons. The molecule has 0 aliphatic carbocycles. The number of carbonyl (C=O) groups is 5. The van der Waals surface area contributed by atoms with Gasteiger partial charge >= 0.3 is 17.2 Å². The monoisotopic (exact) mass is 351 g/mol. The van der Waals surface area contributed by atoms with E-state index in [0.717, 1.165) is 0 Å². The van der Waals surface area contributed by atoms with Crippen molar-refractivity contribution in [3.8, 4) is 0 Å². The number of hydrogen-bond acceptors (Lipinski definition) is 7. The van der Waals surface area contributed by atoms with Crippen molar-refractivity contribution in [2.75, 3.05) is 13.2 Å². The maximum Gasteiger partial charge on any atom is 0.391 e.